The molecule has 0 bridgehead atoms. The smallest absolute Gasteiger partial charge is 0.331 e. The summed E-state index contributed by atoms with van der Waals surface area (Å²) in [7, 11) is -3.51. The van der Waals surface area contributed by atoms with E-state index in [-0.39, 0.29) is 16.9 Å². The second-order valence-electron chi connectivity index (χ2n) is 4.58. The highest BCUT2D eigenvalue weighted by Gasteiger charge is 2.68. The average Bonchev–Trinajstić information content (AvgIpc) is 2.32. The van der Waals surface area contributed by atoms with Crippen molar-refractivity contribution in [2.24, 2.45) is 0 Å². The van der Waals surface area contributed by atoms with E-state index in [9.17, 15) is 18.0 Å². The predicted molar refractivity (Wildman–Crippen MR) is 67.0 cm³/mol. The third kappa shape index (κ3) is 1.52. The second kappa shape index (κ2) is 3.81. The molecule has 0 N–H and O–H groups in total. The monoisotopic (exact) mass is 373 g/mol. The Balaban J connectivity index is 2.44. The Kier molecular flexibility index (Phi) is 2.92. The Morgan fingerprint density at radius 1 is 1.59 bits per heavy atom. The number of hydrogen-bond acceptors (Lipinski definition) is 5. The molecule has 0 aromatic carbocycles. The molecule has 2 rings (SSSR count). The first-order chi connectivity index (χ1) is 7.75. The number of rotatable bonds is 2. The summed E-state index contributed by atoms with van der Waals surface area (Å²) in [5, 5.41) is -0.850. The summed E-state index contributed by atoms with van der Waals surface area (Å²) in [5.41, 5.74) is 0. The van der Waals surface area contributed by atoms with Gasteiger partial charge in [0.25, 0.3) is 0 Å². The molecule has 0 aromatic heterocycles. The van der Waals surface area contributed by atoms with Gasteiger partial charge in [0.05, 0.1) is 11.2 Å². The molecule has 8 heteroatoms. The fourth-order valence-electron chi connectivity index (χ4n) is 2.34. The maximum absolute atomic E-state index is 12.1. The maximum Gasteiger partial charge on any atom is 0.331 e. The van der Waals surface area contributed by atoms with E-state index in [4.69, 9.17) is 4.74 Å². The summed E-state index contributed by atoms with van der Waals surface area (Å²) in [5.74, 6) is -0.955. The van der Waals surface area contributed by atoms with Gasteiger partial charge in [0.1, 0.15) is 16.0 Å². The Morgan fingerprint density at radius 2 is 2.18 bits per heavy atom. The Labute approximate surface area is 113 Å². The minimum Gasteiger partial charge on any atom is -0.453 e. The summed E-state index contributed by atoms with van der Waals surface area (Å²) in [6.07, 6.45) is -0.0280. The van der Waals surface area contributed by atoms with Crippen molar-refractivity contribution < 1.29 is 22.7 Å². The number of β-lactam (4-membered cyclic amide) rings is 1. The van der Waals surface area contributed by atoms with E-state index >= 15 is 0 Å². The van der Waals surface area contributed by atoms with E-state index in [0.717, 1.165) is 4.90 Å². The Morgan fingerprint density at radius 3 is 2.65 bits per heavy atom. The van der Waals surface area contributed by atoms with Crippen LogP contribution in [0.2, 0.25) is 0 Å². The van der Waals surface area contributed by atoms with Crippen molar-refractivity contribution in [2.45, 2.75) is 36.4 Å². The van der Waals surface area contributed by atoms with Crippen LogP contribution in [0.25, 0.3) is 0 Å². The highest BCUT2D eigenvalue weighted by atomic mass is 127. The number of hydrogen-bond donors (Lipinski definition) is 0. The number of sulfone groups is 1. The molecule has 0 spiro atoms. The molecule has 2 fully saturated rings. The fourth-order valence-corrected chi connectivity index (χ4v) is 4.77. The van der Waals surface area contributed by atoms with Crippen LogP contribution in [0.1, 0.15) is 20.3 Å². The Hall–Kier alpha value is -0.380. The maximum atomic E-state index is 12.1. The third-order valence-electron chi connectivity index (χ3n) is 3.40. The molecule has 0 aromatic rings. The minimum absolute atomic E-state index is 0.0280. The van der Waals surface area contributed by atoms with Crippen LogP contribution in [0.3, 0.4) is 0 Å². The van der Waals surface area contributed by atoms with Crippen LogP contribution >= 0.6 is 22.6 Å². The highest BCUT2D eigenvalue weighted by Crippen LogP contribution is 2.45. The highest BCUT2D eigenvalue weighted by molar-refractivity contribution is 14.1. The molecule has 2 atom stereocenters. The van der Waals surface area contributed by atoms with Crippen LogP contribution in [0.4, 0.5) is 0 Å². The van der Waals surface area contributed by atoms with Crippen LogP contribution in [0, 0.1) is 0 Å². The largest absolute Gasteiger partial charge is 0.453 e. The molecule has 96 valence electrons. The number of carbonyl (C=O) groups excluding carboxylic acids is 2. The average molecular weight is 373 g/mol. The summed E-state index contributed by atoms with van der Waals surface area (Å²) in [4.78, 5) is 24.4. The number of fused-ring (bicyclic) bond motifs is 1. The molecule has 1 amide bonds. The Bertz CT molecular complexity index is 486. The van der Waals surface area contributed by atoms with Crippen molar-refractivity contribution >= 4 is 44.3 Å². The predicted octanol–water partition coefficient (Wildman–Crippen LogP) is 0.0561. The first-order valence-corrected chi connectivity index (χ1v) is 8.09. The van der Waals surface area contributed by atoms with E-state index in [2.05, 4.69) is 0 Å². The molecular weight excluding hydrogens is 361 g/mol. The van der Waals surface area contributed by atoms with E-state index in [1.54, 1.807) is 0 Å². The molecule has 2 aliphatic heterocycles. The van der Waals surface area contributed by atoms with Gasteiger partial charge in [-0.25, -0.2) is 13.2 Å². The van der Waals surface area contributed by atoms with Crippen molar-refractivity contribution in [1.82, 2.24) is 4.90 Å². The van der Waals surface area contributed by atoms with E-state index < -0.39 is 32.0 Å². The molecule has 2 aliphatic rings. The molecule has 2 unspecified atom stereocenters. The van der Waals surface area contributed by atoms with Gasteiger partial charge in [-0.3, -0.25) is 4.79 Å². The summed E-state index contributed by atoms with van der Waals surface area (Å²) in [6, 6.07) is -1.02. The van der Waals surface area contributed by atoms with Crippen LogP contribution in [0.15, 0.2) is 0 Å². The molecular formula is C9H12INO5S. The normalized spacial score (nSPS) is 32.9. The number of halogens is 1. The second-order valence-corrected chi connectivity index (χ2v) is 7.89. The van der Waals surface area contributed by atoms with Gasteiger partial charge >= 0.3 is 5.97 Å². The van der Waals surface area contributed by atoms with Gasteiger partial charge in [-0.2, -0.15) is 0 Å². The van der Waals surface area contributed by atoms with Gasteiger partial charge in [-0.05, 0) is 36.4 Å². The zero-order chi connectivity index (χ0) is 13.0. The topological polar surface area (TPSA) is 80.8 Å². The van der Waals surface area contributed by atoms with E-state index in [1.807, 2.05) is 22.6 Å². The standard InChI is InChI=1S/C9H12INO5S/c1-9(2)7(8(13)16-4-10)11-5(12)3-6(11)17(9,14)15/h6-7H,3-4H2,1-2H3. The van der Waals surface area contributed by atoms with Crippen LogP contribution < -0.4 is 0 Å². The van der Waals surface area contributed by atoms with Gasteiger partial charge in [-0.1, -0.05) is 0 Å². The third-order valence-corrected chi connectivity index (χ3v) is 6.51. The van der Waals surface area contributed by atoms with Gasteiger partial charge in [0.2, 0.25) is 5.91 Å². The number of nitrogens with zero attached hydrogens (tertiary/aromatic N) is 1. The van der Waals surface area contributed by atoms with Crippen molar-refractivity contribution in [2.75, 3.05) is 4.61 Å². The van der Waals surface area contributed by atoms with Gasteiger partial charge in [-0.15, -0.1) is 0 Å². The molecule has 0 aliphatic carbocycles. The number of esters is 1. The molecule has 2 heterocycles. The zero-order valence-corrected chi connectivity index (χ0v) is 12.3. The fraction of sp³-hybridized carbons (Fsp3) is 0.778. The van der Waals surface area contributed by atoms with Crippen molar-refractivity contribution in [1.29, 1.82) is 0 Å². The van der Waals surface area contributed by atoms with Gasteiger partial charge < -0.3 is 9.64 Å². The molecule has 2 saturated heterocycles. The summed E-state index contributed by atoms with van der Waals surface area (Å²) >= 11 is 1.85. The number of carbonyl (C=O) groups is 2. The first-order valence-electron chi connectivity index (χ1n) is 5.02. The summed E-state index contributed by atoms with van der Waals surface area (Å²) < 4.78 is 28.0. The van der Waals surface area contributed by atoms with Crippen LogP contribution in [0.5, 0.6) is 0 Å². The molecule has 17 heavy (non-hydrogen) atoms. The lowest BCUT2D eigenvalue weighted by Gasteiger charge is -2.36. The number of ether oxygens (including phenoxy) is 1. The van der Waals surface area contributed by atoms with Crippen LogP contribution in [-0.2, 0) is 24.2 Å². The zero-order valence-electron chi connectivity index (χ0n) is 9.34. The molecule has 6 nitrogen and oxygen atoms in total. The lowest BCUT2D eigenvalue weighted by molar-refractivity contribution is -0.159. The van der Waals surface area contributed by atoms with Gasteiger partial charge in [0, 0.05) is 0 Å². The molecule has 0 radical (unpaired) electrons. The quantitative estimate of drug-likeness (QED) is 0.296. The van der Waals surface area contributed by atoms with Crippen molar-refractivity contribution in [3.8, 4) is 0 Å². The SMILES string of the molecule is CC1(C)C(C(=O)OCI)N2C(=O)CC2S1(=O)=O. The lowest BCUT2D eigenvalue weighted by atomic mass is 9.98. The summed E-state index contributed by atoms with van der Waals surface area (Å²) in [6.45, 7) is 2.93. The van der Waals surface area contributed by atoms with E-state index in [0.29, 0.717) is 0 Å². The minimum atomic E-state index is -3.51. The first kappa shape index (κ1) is 13.1. The number of alkyl halides is 1. The van der Waals surface area contributed by atoms with Crippen LogP contribution in [-0.4, -0.2) is 46.0 Å². The lowest BCUT2D eigenvalue weighted by Crippen LogP contribution is -2.57. The number of amides is 1. The molecule has 0 saturated carbocycles. The van der Waals surface area contributed by atoms with E-state index in [1.165, 1.54) is 13.8 Å². The van der Waals surface area contributed by atoms with Gasteiger partial charge in [0.15, 0.2) is 9.84 Å². The van der Waals surface area contributed by atoms with Crippen molar-refractivity contribution in [3.63, 3.8) is 0 Å². The van der Waals surface area contributed by atoms with Crippen molar-refractivity contribution in [3.05, 3.63) is 0 Å².